The number of carbonyl (C=O) groups excluding carboxylic acids is 2. The molecule has 9 nitrogen and oxygen atoms in total. The van der Waals surface area contributed by atoms with Crippen molar-refractivity contribution in [2.75, 3.05) is 45.9 Å². The van der Waals surface area contributed by atoms with Crippen molar-refractivity contribution in [3.8, 4) is 0 Å². The van der Waals surface area contributed by atoms with Crippen LogP contribution < -0.4 is 10.6 Å². The molecule has 0 saturated carbocycles. The summed E-state index contributed by atoms with van der Waals surface area (Å²) in [7, 11) is 0. The monoisotopic (exact) mass is 567 g/mol. The Kier molecular flexibility index (Phi) is 12.5. The van der Waals surface area contributed by atoms with Gasteiger partial charge in [0.15, 0.2) is 5.96 Å². The fraction of sp³-hybridized carbons (Fsp3) is 0.864. The number of guanidine groups is 1. The molecule has 2 N–H and O–H groups in total. The van der Waals surface area contributed by atoms with Gasteiger partial charge in [0, 0.05) is 45.3 Å². The van der Waals surface area contributed by atoms with Crippen LogP contribution in [0.3, 0.4) is 0 Å². The number of halogens is 1. The van der Waals surface area contributed by atoms with Gasteiger partial charge in [-0.1, -0.05) is 0 Å². The molecule has 2 aliphatic heterocycles. The van der Waals surface area contributed by atoms with Crippen LogP contribution in [0, 0.1) is 5.92 Å². The molecule has 2 aliphatic rings. The summed E-state index contributed by atoms with van der Waals surface area (Å²) >= 11 is 0. The Hall–Kier alpha value is -1.46. The molecule has 2 amide bonds. The summed E-state index contributed by atoms with van der Waals surface area (Å²) in [5, 5.41) is 6.84. The lowest BCUT2D eigenvalue weighted by molar-refractivity contribution is 0.0186. The van der Waals surface area contributed by atoms with Crippen molar-refractivity contribution < 1.29 is 19.1 Å². The van der Waals surface area contributed by atoms with Crippen LogP contribution in [0.15, 0.2) is 4.99 Å². The summed E-state index contributed by atoms with van der Waals surface area (Å²) in [6.45, 7) is 14.3. The highest BCUT2D eigenvalue weighted by Gasteiger charge is 2.27. The highest BCUT2D eigenvalue weighted by Crippen LogP contribution is 2.20. The second-order valence-corrected chi connectivity index (χ2v) is 9.23. The van der Waals surface area contributed by atoms with Gasteiger partial charge in [0.1, 0.15) is 5.60 Å². The summed E-state index contributed by atoms with van der Waals surface area (Å²) in [5.74, 6) is 1.28. The summed E-state index contributed by atoms with van der Waals surface area (Å²) in [5.41, 5.74) is -0.461. The van der Waals surface area contributed by atoms with E-state index in [0.717, 1.165) is 44.7 Å². The zero-order valence-electron chi connectivity index (χ0n) is 20.3. The first-order valence-electron chi connectivity index (χ1n) is 11.7. The van der Waals surface area contributed by atoms with Crippen LogP contribution in [0.4, 0.5) is 9.59 Å². The van der Waals surface area contributed by atoms with Crippen LogP contribution in [0.5, 0.6) is 0 Å². The molecule has 0 bridgehead atoms. The quantitative estimate of drug-likeness (QED) is 0.301. The van der Waals surface area contributed by atoms with Gasteiger partial charge in [0.05, 0.1) is 6.61 Å². The molecule has 0 spiro atoms. The van der Waals surface area contributed by atoms with Gasteiger partial charge in [-0.2, -0.15) is 0 Å². The molecule has 0 aromatic carbocycles. The molecule has 2 heterocycles. The van der Waals surface area contributed by atoms with Gasteiger partial charge < -0.3 is 29.9 Å². The fourth-order valence-electron chi connectivity index (χ4n) is 3.78. The molecule has 2 rings (SSSR count). The van der Waals surface area contributed by atoms with Crippen molar-refractivity contribution in [3.05, 3.63) is 0 Å². The highest BCUT2D eigenvalue weighted by molar-refractivity contribution is 14.0. The van der Waals surface area contributed by atoms with Crippen LogP contribution in [0.25, 0.3) is 0 Å². The molecule has 32 heavy (non-hydrogen) atoms. The highest BCUT2D eigenvalue weighted by atomic mass is 127. The van der Waals surface area contributed by atoms with Crippen molar-refractivity contribution in [2.24, 2.45) is 10.9 Å². The third-order valence-corrected chi connectivity index (χ3v) is 5.48. The zero-order chi connectivity index (χ0) is 22.9. The molecule has 0 aliphatic carbocycles. The normalized spacial score (nSPS) is 18.6. The lowest BCUT2D eigenvalue weighted by Crippen LogP contribution is -2.50. The van der Waals surface area contributed by atoms with Gasteiger partial charge in [-0.15, -0.1) is 24.0 Å². The first kappa shape index (κ1) is 28.6. The van der Waals surface area contributed by atoms with Crippen molar-refractivity contribution in [1.29, 1.82) is 0 Å². The van der Waals surface area contributed by atoms with Crippen LogP contribution in [0.2, 0.25) is 0 Å². The van der Waals surface area contributed by atoms with E-state index in [2.05, 4.69) is 17.6 Å². The van der Waals surface area contributed by atoms with Gasteiger partial charge >= 0.3 is 12.2 Å². The van der Waals surface area contributed by atoms with E-state index in [9.17, 15) is 9.59 Å². The summed E-state index contributed by atoms with van der Waals surface area (Å²) < 4.78 is 10.6. The number of nitrogens with one attached hydrogen (secondary N) is 2. The van der Waals surface area contributed by atoms with Crippen molar-refractivity contribution >= 4 is 42.1 Å². The number of rotatable bonds is 5. The zero-order valence-corrected chi connectivity index (χ0v) is 22.6. The van der Waals surface area contributed by atoms with E-state index in [1.807, 2.05) is 27.7 Å². The SMILES string of the molecule is CCNC(=NCC1CCN(C(=O)OC(C)(C)C)CC1)NC1CCN(C(=O)OCC)CC1.I. The average Bonchev–Trinajstić information content (AvgIpc) is 2.72. The predicted octanol–water partition coefficient (Wildman–Crippen LogP) is 3.43. The summed E-state index contributed by atoms with van der Waals surface area (Å²) in [6, 6.07) is 0.289. The number of amides is 2. The Morgan fingerprint density at radius 1 is 0.969 bits per heavy atom. The maximum atomic E-state index is 12.2. The number of carbonyl (C=O) groups is 2. The predicted molar refractivity (Wildman–Crippen MR) is 137 cm³/mol. The largest absolute Gasteiger partial charge is 0.450 e. The number of aliphatic imine (C=N–C) groups is 1. The summed E-state index contributed by atoms with van der Waals surface area (Å²) in [6.07, 6.45) is 3.16. The molecule has 0 atom stereocenters. The Labute approximate surface area is 210 Å². The van der Waals surface area contributed by atoms with Crippen LogP contribution in [0.1, 0.15) is 60.3 Å². The van der Waals surface area contributed by atoms with Crippen molar-refractivity contribution in [2.45, 2.75) is 71.9 Å². The molecular weight excluding hydrogens is 525 g/mol. The van der Waals surface area contributed by atoms with Gasteiger partial charge in [-0.3, -0.25) is 4.99 Å². The Balaban J connectivity index is 0.00000512. The molecule has 0 unspecified atom stereocenters. The number of nitrogens with zero attached hydrogens (tertiary/aromatic N) is 3. The Morgan fingerprint density at radius 3 is 2.06 bits per heavy atom. The second kappa shape index (κ2) is 13.9. The third-order valence-electron chi connectivity index (χ3n) is 5.48. The van der Waals surface area contributed by atoms with E-state index in [1.165, 1.54) is 0 Å². The lowest BCUT2D eigenvalue weighted by atomic mass is 9.97. The van der Waals surface area contributed by atoms with E-state index < -0.39 is 5.60 Å². The molecule has 186 valence electrons. The number of piperidine rings is 2. The maximum absolute atomic E-state index is 12.2. The minimum atomic E-state index is -0.461. The number of likely N-dealkylation sites (tertiary alicyclic amines) is 2. The Bertz CT molecular complexity index is 610. The van der Waals surface area contributed by atoms with E-state index in [0.29, 0.717) is 38.7 Å². The molecular formula is C22H42IN5O4. The fourth-order valence-corrected chi connectivity index (χ4v) is 3.78. The van der Waals surface area contributed by atoms with Crippen molar-refractivity contribution in [1.82, 2.24) is 20.4 Å². The van der Waals surface area contributed by atoms with Gasteiger partial charge in [-0.05, 0) is 66.2 Å². The molecule has 2 saturated heterocycles. The molecule has 0 aromatic rings. The second-order valence-electron chi connectivity index (χ2n) is 9.23. The minimum absolute atomic E-state index is 0. The lowest BCUT2D eigenvalue weighted by Gasteiger charge is -2.33. The Morgan fingerprint density at radius 2 is 1.53 bits per heavy atom. The van der Waals surface area contributed by atoms with E-state index >= 15 is 0 Å². The number of ether oxygens (including phenoxy) is 2. The standard InChI is InChI=1S/C22H41N5O4.HI/c1-6-23-19(25-18-10-14-26(15-11-18)20(28)30-7-2)24-16-17-8-12-27(13-9-17)21(29)31-22(3,4)5;/h17-18H,6-16H2,1-5H3,(H2,23,24,25);1H. The van der Waals surface area contributed by atoms with Crippen LogP contribution in [-0.4, -0.2) is 85.5 Å². The van der Waals surface area contributed by atoms with E-state index in [1.54, 1.807) is 9.80 Å². The minimum Gasteiger partial charge on any atom is -0.450 e. The van der Waals surface area contributed by atoms with Crippen LogP contribution in [-0.2, 0) is 9.47 Å². The average molecular weight is 568 g/mol. The van der Waals surface area contributed by atoms with Gasteiger partial charge in [0.2, 0.25) is 0 Å². The molecule has 0 radical (unpaired) electrons. The first-order chi connectivity index (χ1) is 14.7. The van der Waals surface area contributed by atoms with Gasteiger partial charge in [0.25, 0.3) is 0 Å². The maximum Gasteiger partial charge on any atom is 0.410 e. The van der Waals surface area contributed by atoms with E-state index in [-0.39, 0.29) is 42.2 Å². The first-order valence-corrected chi connectivity index (χ1v) is 11.7. The van der Waals surface area contributed by atoms with Gasteiger partial charge in [-0.25, -0.2) is 9.59 Å². The number of hydrogen-bond donors (Lipinski definition) is 2. The molecule has 10 heteroatoms. The summed E-state index contributed by atoms with van der Waals surface area (Å²) in [4.78, 5) is 32.4. The topological polar surface area (TPSA) is 95.5 Å². The molecule has 0 aromatic heterocycles. The van der Waals surface area contributed by atoms with E-state index in [4.69, 9.17) is 14.5 Å². The van der Waals surface area contributed by atoms with Crippen molar-refractivity contribution in [3.63, 3.8) is 0 Å². The smallest absolute Gasteiger partial charge is 0.410 e. The molecule has 2 fully saturated rings. The van der Waals surface area contributed by atoms with Crippen LogP contribution >= 0.6 is 24.0 Å². The number of hydrogen-bond acceptors (Lipinski definition) is 5. The third kappa shape index (κ3) is 9.99.